The van der Waals surface area contributed by atoms with Crippen molar-refractivity contribution in [2.75, 3.05) is 0 Å². The first-order valence-electron chi connectivity index (χ1n) is 4.93. The number of benzene rings is 1. The molecule has 1 atom stereocenters. The van der Waals surface area contributed by atoms with Gasteiger partial charge in [-0.3, -0.25) is 0 Å². The average molecular weight is 364 g/mol. The molecule has 0 aliphatic heterocycles. The quantitative estimate of drug-likeness (QED) is 0.885. The number of aliphatic hydroxyl groups excluding tert-OH is 1. The predicted octanol–water partition coefficient (Wildman–Crippen LogP) is 4.22. The van der Waals surface area contributed by atoms with Gasteiger partial charge in [0.15, 0.2) is 0 Å². The van der Waals surface area contributed by atoms with E-state index in [1.54, 1.807) is 18.2 Å². The third-order valence-corrected chi connectivity index (χ3v) is 3.52. The molecule has 2 nitrogen and oxygen atoms in total. The zero-order valence-corrected chi connectivity index (χ0v) is 11.8. The highest BCUT2D eigenvalue weighted by atomic mass is 79.9. The molecule has 0 aliphatic carbocycles. The molecule has 1 aromatic carbocycles. The first-order chi connectivity index (χ1) is 8.08. The Balaban J connectivity index is 2.19. The summed E-state index contributed by atoms with van der Waals surface area (Å²) in [6.45, 7) is 0. The molecule has 0 bridgehead atoms. The summed E-state index contributed by atoms with van der Waals surface area (Å²) in [6.07, 6.45) is 0.779. The smallest absolute Gasteiger partial charge is 0.146 e. The highest BCUT2D eigenvalue weighted by Gasteiger charge is 2.17. The van der Waals surface area contributed by atoms with E-state index in [4.69, 9.17) is 4.42 Å². The van der Waals surface area contributed by atoms with Gasteiger partial charge in [0.05, 0.1) is 10.7 Å². The van der Waals surface area contributed by atoms with Gasteiger partial charge in [0, 0.05) is 10.9 Å². The van der Waals surface area contributed by atoms with Crippen LogP contribution in [-0.4, -0.2) is 5.11 Å². The summed E-state index contributed by atoms with van der Waals surface area (Å²) in [7, 11) is 0. The lowest BCUT2D eigenvalue weighted by Gasteiger charge is -2.09. The van der Waals surface area contributed by atoms with Crippen LogP contribution >= 0.6 is 31.9 Å². The third-order valence-electron chi connectivity index (χ3n) is 2.38. The molecular weight excluding hydrogens is 355 g/mol. The van der Waals surface area contributed by atoms with Crippen LogP contribution in [0.2, 0.25) is 0 Å². The fourth-order valence-corrected chi connectivity index (χ4v) is 2.33. The van der Waals surface area contributed by atoms with Gasteiger partial charge in [-0.05, 0) is 39.7 Å². The summed E-state index contributed by atoms with van der Waals surface area (Å²) in [4.78, 5) is 0. The van der Waals surface area contributed by atoms with Crippen LogP contribution in [-0.2, 0) is 6.42 Å². The standard InChI is InChI=1S/C12H9Br2FO2/c13-8-2-1-7(10(15)6-8)5-11(16)12-9(14)3-4-17-12/h1-4,6,11,16H,5H2. The number of hydrogen-bond acceptors (Lipinski definition) is 2. The molecule has 2 aromatic rings. The largest absolute Gasteiger partial charge is 0.465 e. The molecular formula is C12H9Br2FO2. The number of aliphatic hydroxyl groups is 1. The van der Waals surface area contributed by atoms with Crippen LogP contribution in [0, 0.1) is 5.82 Å². The minimum Gasteiger partial charge on any atom is -0.465 e. The Kier molecular flexibility index (Phi) is 4.01. The van der Waals surface area contributed by atoms with Gasteiger partial charge in [0.1, 0.15) is 17.7 Å². The lowest BCUT2D eigenvalue weighted by Crippen LogP contribution is -2.03. The molecule has 1 N–H and O–H groups in total. The molecule has 0 saturated heterocycles. The Bertz CT molecular complexity index is 525. The van der Waals surface area contributed by atoms with E-state index >= 15 is 0 Å². The molecule has 17 heavy (non-hydrogen) atoms. The van der Waals surface area contributed by atoms with E-state index in [0.717, 1.165) is 0 Å². The fraction of sp³-hybridized carbons (Fsp3) is 0.167. The van der Waals surface area contributed by atoms with Crippen molar-refractivity contribution in [2.45, 2.75) is 12.5 Å². The second kappa shape index (κ2) is 5.33. The van der Waals surface area contributed by atoms with Crippen LogP contribution in [0.3, 0.4) is 0 Å². The van der Waals surface area contributed by atoms with Crippen molar-refractivity contribution in [1.29, 1.82) is 0 Å². The van der Waals surface area contributed by atoms with Crippen molar-refractivity contribution in [3.63, 3.8) is 0 Å². The number of rotatable bonds is 3. The van der Waals surface area contributed by atoms with Gasteiger partial charge < -0.3 is 9.52 Å². The first kappa shape index (κ1) is 12.8. The molecule has 0 fully saturated rings. The Morgan fingerprint density at radius 1 is 1.29 bits per heavy atom. The van der Waals surface area contributed by atoms with Crippen molar-refractivity contribution in [3.8, 4) is 0 Å². The predicted molar refractivity (Wildman–Crippen MR) is 69.2 cm³/mol. The molecule has 1 aromatic heterocycles. The maximum atomic E-state index is 13.6. The Morgan fingerprint density at radius 2 is 2.06 bits per heavy atom. The minimum absolute atomic E-state index is 0.172. The molecule has 0 saturated carbocycles. The Morgan fingerprint density at radius 3 is 2.65 bits per heavy atom. The van der Waals surface area contributed by atoms with Crippen molar-refractivity contribution in [1.82, 2.24) is 0 Å². The van der Waals surface area contributed by atoms with E-state index < -0.39 is 6.10 Å². The van der Waals surface area contributed by atoms with Crippen LogP contribution in [0.15, 0.2) is 43.9 Å². The minimum atomic E-state index is -0.866. The zero-order chi connectivity index (χ0) is 12.4. The zero-order valence-electron chi connectivity index (χ0n) is 8.66. The summed E-state index contributed by atoms with van der Waals surface area (Å²) in [5.74, 6) is 0.0634. The summed E-state index contributed by atoms with van der Waals surface area (Å²) >= 11 is 6.44. The lowest BCUT2D eigenvalue weighted by molar-refractivity contribution is 0.148. The molecule has 0 spiro atoms. The second-order valence-corrected chi connectivity index (χ2v) is 5.36. The number of furan rings is 1. The van der Waals surface area contributed by atoms with Gasteiger partial charge in [0.25, 0.3) is 0 Å². The molecule has 5 heteroatoms. The maximum Gasteiger partial charge on any atom is 0.146 e. The summed E-state index contributed by atoms with van der Waals surface area (Å²) in [6, 6.07) is 6.44. The topological polar surface area (TPSA) is 33.4 Å². The van der Waals surface area contributed by atoms with Crippen LogP contribution in [0.1, 0.15) is 17.4 Å². The van der Waals surface area contributed by atoms with Crippen LogP contribution in [0.5, 0.6) is 0 Å². The Hall–Kier alpha value is -0.650. The van der Waals surface area contributed by atoms with Gasteiger partial charge in [0.2, 0.25) is 0 Å². The highest BCUT2D eigenvalue weighted by Crippen LogP contribution is 2.28. The van der Waals surface area contributed by atoms with E-state index in [9.17, 15) is 9.50 Å². The lowest BCUT2D eigenvalue weighted by atomic mass is 10.1. The normalized spacial score (nSPS) is 12.7. The monoisotopic (exact) mass is 362 g/mol. The van der Waals surface area contributed by atoms with Crippen molar-refractivity contribution in [3.05, 3.63) is 56.6 Å². The second-order valence-electron chi connectivity index (χ2n) is 3.59. The van der Waals surface area contributed by atoms with Crippen molar-refractivity contribution >= 4 is 31.9 Å². The Labute approximate surface area is 115 Å². The maximum absolute atomic E-state index is 13.6. The van der Waals surface area contributed by atoms with E-state index in [1.807, 2.05) is 0 Å². The average Bonchev–Trinajstić information content (AvgIpc) is 2.68. The fourth-order valence-electron chi connectivity index (χ4n) is 1.53. The first-order valence-corrected chi connectivity index (χ1v) is 6.51. The molecule has 0 radical (unpaired) electrons. The molecule has 1 heterocycles. The van der Waals surface area contributed by atoms with Gasteiger partial charge >= 0.3 is 0 Å². The molecule has 90 valence electrons. The molecule has 0 amide bonds. The van der Waals surface area contributed by atoms with Gasteiger partial charge in [-0.1, -0.05) is 22.0 Å². The van der Waals surface area contributed by atoms with Crippen LogP contribution < -0.4 is 0 Å². The molecule has 2 rings (SSSR count). The van der Waals surface area contributed by atoms with Gasteiger partial charge in [-0.25, -0.2) is 4.39 Å². The van der Waals surface area contributed by atoms with E-state index in [-0.39, 0.29) is 12.2 Å². The van der Waals surface area contributed by atoms with Crippen molar-refractivity contribution in [2.24, 2.45) is 0 Å². The van der Waals surface area contributed by atoms with E-state index in [1.165, 1.54) is 12.3 Å². The number of halogens is 3. The summed E-state index contributed by atoms with van der Waals surface area (Å²) < 4.78 is 20.1. The molecule has 1 unspecified atom stereocenters. The van der Waals surface area contributed by atoms with Crippen molar-refractivity contribution < 1.29 is 13.9 Å². The number of hydrogen-bond donors (Lipinski definition) is 1. The van der Waals surface area contributed by atoms with Crippen LogP contribution in [0.4, 0.5) is 4.39 Å². The SMILES string of the molecule is OC(Cc1ccc(Br)cc1F)c1occc1Br. The summed E-state index contributed by atoms with van der Waals surface area (Å²) in [5, 5.41) is 9.94. The summed E-state index contributed by atoms with van der Waals surface area (Å²) in [5.41, 5.74) is 0.448. The van der Waals surface area contributed by atoms with Gasteiger partial charge in [-0.15, -0.1) is 0 Å². The highest BCUT2D eigenvalue weighted by molar-refractivity contribution is 9.10. The van der Waals surface area contributed by atoms with E-state index in [0.29, 0.717) is 20.3 Å². The third kappa shape index (κ3) is 2.97. The van der Waals surface area contributed by atoms with Gasteiger partial charge in [-0.2, -0.15) is 0 Å². The van der Waals surface area contributed by atoms with Crippen LogP contribution in [0.25, 0.3) is 0 Å². The molecule has 0 aliphatic rings. The van der Waals surface area contributed by atoms with E-state index in [2.05, 4.69) is 31.9 Å².